The normalized spacial score (nSPS) is 10.2. The summed E-state index contributed by atoms with van der Waals surface area (Å²) in [7, 11) is 0. The van der Waals surface area contributed by atoms with Gasteiger partial charge in [-0.1, -0.05) is 13.8 Å². The molecular weight excluding hydrogens is 238 g/mol. The van der Waals surface area contributed by atoms with Gasteiger partial charge in [-0.25, -0.2) is 4.79 Å². The predicted molar refractivity (Wildman–Crippen MR) is 66.2 cm³/mol. The van der Waals surface area contributed by atoms with E-state index in [4.69, 9.17) is 5.11 Å². The number of carbonyl (C=O) groups excluding carboxylic acids is 2. The van der Waals surface area contributed by atoms with E-state index in [-0.39, 0.29) is 19.5 Å². The van der Waals surface area contributed by atoms with Crippen LogP contribution in [0.4, 0.5) is 4.79 Å². The summed E-state index contributed by atoms with van der Waals surface area (Å²) >= 11 is 0. The number of hydrogen-bond acceptors (Lipinski definition) is 4. The number of nitrogens with one attached hydrogen (secondary N) is 2. The SMILES string of the molecule is CCCNC(=O)NC(=O)CN(CC)CCC(=O)O. The van der Waals surface area contributed by atoms with Gasteiger partial charge >= 0.3 is 12.0 Å². The number of carboxylic acid groups (broad SMARTS) is 1. The van der Waals surface area contributed by atoms with Crippen LogP contribution in [0.25, 0.3) is 0 Å². The number of imide groups is 1. The van der Waals surface area contributed by atoms with Crippen LogP contribution in [0.2, 0.25) is 0 Å². The maximum atomic E-state index is 11.5. The fourth-order valence-electron chi connectivity index (χ4n) is 1.25. The van der Waals surface area contributed by atoms with Gasteiger partial charge in [-0.2, -0.15) is 0 Å². The van der Waals surface area contributed by atoms with E-state index in [0.29, 0.717) is 13.1 Å². The predicted octanol–water partition coefficient (Wildman–Crippen LogP) is 0.0188. The van der Waals surface area contributed by atoms with E-state index in [9.17, 15) is 14.4 Å². The number of hydrogen-bond donors (Lipinski definition) is 3. The number of amides is 3. The first-order chi connectivity index (χ1) is 8.49. The molecule has 0 saturated carbocycles. The molecule has 0 fully saturated rings. The minimum atomic E-state index is -0.908. The van der Waals surface area contributed by atoms with Crippen LogP contribution in [-0.4, -0.2) is 54.1 Å². The van der Waals surface area contributed by atoms with Gasteiger partial charge in [0.1, 0.15) is 0 Å². The zero-order chi connectivity index (χ0) is 14.0. The van der Waals surface area contributed by atoms with Gasteiger partial charge < -0.3 is 10.4 Å². The summed E-state index contributed by atoms with van der Waals surface area (Å²) in [5, 5.41) is 13.3. The molecule has 3 N–H and O–H groups in total. The molecule has 0 rings (SSSR count). The lowest BCUT2D eigenvalue weighted by Gasteiger charge is -2.18. The third-order valence-corrected chi connectivity index (χ3v) is 2.24. The molecule has 0 heterocycles. The lowest BCUT2D eigenvalue weighted by molar-refractivity contribution is -0.137. The second-order valence-electron chi connectivity index (χ2n) is 3.82. The zero-order valence-electron chi connectivity index (χ0n) is 10.9. The summed E-state index contributed by atoms with van der Waals surface area (Å²) in [4.78, 5) is 34.7. The van der Waals surface area contributed by atoms with Crippen LogP contribution in [0, 0.1) is 0 Å². The minimum Gasteiger partial charge on any atom is -0.481 e. The Hall–Kier alpha value is -1.63. The largest absolute Gasteiger partial charge is 0.481 e. The second-order valence-corrected chi connectivity index (χ2v) is 3.82. The van der Waals surface area contributed by atoms with Crippen LogP contribution in [0.3, 0.4) is 0 Å². The average molecular weight is 259 g/mol. The van der Waals surface area contributed by atoms with Crippen LogP contribution >= 0.6 is 0 Å². The number of nitrogens with zero attached hydrogens (tertiary/aromatic N) is 1. The number of carboxylic acids is 1. The molecule has 0 aliphatic rings. The lowest BCUT2D eigenvalue weighted by atomic mass is 10.3. The van der Waals surface area contributed by atoms with Crippen molar-refractivity contribution >= 4 is 17.9 Å². The second kappa shape index (κ2) is 9.41. The van der Waals surface area contributed by atoms with Crippen LogP contribution in [0.5, 0.6) is 0 Å². The molecule has 0 unspecified atom stereocenters. The highest BCUT2D eigenvalue weighted by atomic mass is 16.4. The third-order valence-electron chi connectivity index (χ3n) is 2.24. The molecule has 104 valence electrons. The molecular formula is C11H21N3O4. The number of carbonyl (C=O) groups is 3. The fraction of sp³-hybridized carbons (Fsp3) is 0.727. The van der Waals surface area contributed by atoms with E-state index in [0.717, 1.165) is 6.42 Å². The Labute approximate surface area is 107 Å². The van der Waals surface area contributed by atoms with Gasteiger partial charge in [-0.05, 0) is 13.0 Å². The van der Waals surface area contributed by atoms with E-state index in [1.54, 1.807) is 4.90 Å². The van der Waals surface area contributed by atoms with Gasteiger partial charge in [0.15, 0.2) is 0 Å². The zero-order valence-corrected chi connectivity index (χ0v) is 10.9. The average Bonchev–Trinajstić information content (AvgIpc) is 2.31. The molecule has 0 aromatic carbocycles. The summed E-state index contributed by atoms with van der Waals surface area (Å²) in [5.41, 5.74) is 0. The van der Waals surface area contributed by atoms with Crippen LogP contribution < -0.4 is 10.6 Å². The summed E-state index contributed by atoms with van der Waals surface area (Å²) < 4.78 is 0. The van der Waals surface area contributed by atoms with E-state index >= 15 is 0 Å². The lowest BCUT2D eigenvalue weighted by Crippen LogP contribution is -2.45. The van der Waals surface area contributed by atoms with Gasteiger partial charge in [0, 0.05) is 13.1 Å². The van der Waals surface area contributed by atoms with Gasteiger partial charge in [-0.15, -0.1) is 0 Å². The molecule has 18 heavy (non-hydrogen) atoms. The quantitative estimate of drug-likeness (QED) is 0.570. The molecule has 0 aromatic rings. The number of likely N-dealkylation sites (N-methyl/N-ethyl adjacent to an activating group) is 1. The molecule has 0 aliphatic heterocycles. The highest BCUT2D eigenvalue weighted by molar-refractivity contribution is 5.95. The number of urea groups is 1. The summed E-state index contributed by atoms with van der Waals surface area (Å²) in [6.45, 7) is 5.10. The van der Waals surface area contributed by atoms with Crippen molar-refractivity contribution in [3.63, 3.8) is 0 Å². The van der Waals surface area contributed by atoms with Gasteiger partial charge in [0.05, 0.1) is 13.0 Å². The molecule has 0 radical (unpaired) electrons. The maximum Gasteiger partial charge on any atom is 0.321 e. The first-order valence-corrected chi connectivity index (χ1v) is 6.01. The Morgan fingerprint density at radius 3 is 2.39 bits per heavy atom. The highest BCUT2D eigenvalue weighted by Crippen LogP contribution is 1.91. The molecule has 0 spiro atoms. The standard InChI is InChI=1S/C11H21N3O4/c1-3-6-12-11(18)13-9(15)8-14(4-2)7-5-10(16)17/h3-8H2,1-2H3,(H,16,17)(H2,12,13,15,18). The molecule has 0 atom stereocenters. The highest BCUT2D eigenvalue weighted by Gasteiger charge is 2.12. The van der Waals surface area contributed by atoms with Crippen molar-refractivity contribution in [2.24, 2.45) is 0 Å². The van der Waals surface area contributed by atoms with Gasteiger partial charge in [0.25, 0.3) is 0 Å². The summed E-state index contributed by atoms with van der Waals surface area (Å²) in [5.74, 6) is -1.34. The molecule has 7 nitrogen and oxygen atoms in total. The van der Waals surface area contributed by atoms with Crippen molar-refractivity contribution in [2.75, 3.05) is 26.2 Å². The minimum absolute atomic E-state index is 0.0172. The molecule has 3 amide bonds. The number of rotatable bonds is 8. The van der Waals surface area contributed by atoms with Crippen molar-refractivity contribution in [1.29, 1.82) is 0 Å². The topological polar surface area (TPSA) is 98.7 Å². The molecule has 0 saturated heterocycles. The summed E-state index contributed by atoms with van der Waals surface area (Å²) in [6, 6.07) is -0.517. The smallest absolute Gasteiger partial charge is 0.321 e. The molecule has 0 bridgehead atoms. The molecule has 7 heteroatoms. The summed E-state index contributed by atoms with van der Waals surface area (Å²) in [6.07, 6.45) is 0.768. The van der Waals surface area contributed by atoms with E-state index in [2.05, 4.69) is 10.6 Å². The van der Waals surface area contributed by atoms with Gasteiger partial charge in [0.2, 0.25) is 5.91 Å². The third kappa shape index (κ3) is 8.51. The Morgan fingerprint density at radius 1 is 1.22 bits per heavy atom. The first kappa shape index (κ1) is 16.4. The maximum absolute atomic E-state index is 11.5. The Kier molecular flexibility index (Phi) is 8.55. The molecule has 0 aromatic heterocycles. The van der Waals surface area contributed by atoms with E-state index in [1.165, 1.54) is 0 Å². The van der Waals surface area contributed by atoms with Crippen molar-refractivity contribution < 1.29 is 19.5 Å². The van der Waals surface area contributed by atoms with Crippen molar-refractivity contribution in [1.82, 2.24) is 15.5 Å². The van der Waals surface area contributed by atoms with E-state index in [1.807, 2.05) is 13.8 Å². The monoisotopic (exact) mass is 259 g/mol. The Morgan fingerprint density at radius 2 is 1.89 bits per heavy atom. The molecule has 0 aliphatic carbocycles. The van der Waals surface area contributed by atoms with Crippen molar-refractivity contribution in [3.8, 4) is 0 Å². The van der Waals surface area contributed by atoms with E-state index < -0.39 is 17.9 Å². The first-order valence-electron chi connectivity index (χ1n) is 6.01. The van der Waals surface area contributed by atoms with Crippen LogP contribution in [-0.2, 0) is 9.59 Å². The number of aliphatic carboxylic acids is 1. The fourth-order valence-corrected chi connectivity index (χ4v) is 1.25. The van der Waals surface area contributed by atoms with Gasteiger partial charge in [-0.3, -0.25) is 19.8 Å². The Balaban J connectivity index is 3.95. The van der Waals surface area contributed by atoms with Crippen molar-refractivity contribution in [3.05, 3.63) is 0 Å². The van der Waals surface area contributed by atoms with Crippen LogP contribution in [0.15, 0.2) is 0 Å². The van der Waals surface area contributed by atoms with Crippen LogP contribution in [0.1, 0.15) is 26.7 Å². The van der Waals surface area contributed by atoms with Crippen molar-refractivity contribution in [2.45, 2.75) is 26.7 Å². The Bertz CT molecular complexity index is 294.